The summed E-state index contributed by atoms with van der Waals surface area (Å²) in [4.78, 5) is 0. The summed E-state index contributed by atoms with van der Waals surface area (Å²) in [6.45, 7) is 9.57. The van der Waals surface area contributed by atoms with Crippen LogP contribution in [0.25, 0.3) is 0 Å². The molecule has 1 N–H and O–H groups in total. The molecule has 3 heteroatoms. The first-order valence-corrected chi connectivity index (χ1v) is 6.00. The molecule has 0 spiro atoms. The molecule has 1 unspecified atom stereocenters. The minimum absolute atomic E-state index is 0.489. The summed E-state index contributed by atoms with van der Waals surface area (Å²) < 4.78 is 10.9. The Morgan fingerprint density at radius 3 is 2.00 bits per heavy atom. The van der Waals surface area contributed by atoms with Crippen LogP contribution in [0.1, 0.15) is 34.8 Å². The molecule has 0 heterocycles. The lowest BCUT2D eigenvalue weighted by molar-refractivity contribution is 0.175. The van der Waals surface area contributed by atoms with E-state index in [1.54, 1.807) is 20.3 Å². The van der Waals surface area contributed by atoms with Gasteiger partial charge in [0.1, 0.15) is 11.5 Å². The molecule has 0 aliphatic rings. The summed E-state index contributed by atoms with van der Waals surface area (Å²) >= 11 is 0. The molecule has 0 bridgehead atoms. The van der Waals surface area contributed by atoms with E-state index in [2.05, 4.69) is 6.58 Å². The molecule has 1 aromatic rings. The molecule has 1 atom stereocenters. The molecule has 3 nitrogen and oxygen atoms in total. The van der Waals surface area contributed by atoms with Gasteiger partial charge in [-0.2, -0.15) is 0 Å². The topological polar surface area (TPSA) is 38.7 Å². The lowest BCUT2D eigenvalue weighted by atomic mass is 9.93. The number of ether oxygens (including phenoxy) is 2. The van der Waals surface area contributed by atoms with Crippen molar-refractivity contribution < 1.29 is 14.6 Å². The second-order valence-corrected chi connectivity index (χ2v) is 4.40. The van der Waals surface area contributed by atoms with Gasteiger partial charge in [0.25, 0.3) is 0 Å². The summed E-state index contributed by atoms with van der Waals surface area (Å²) in [5.74, 6) is 1.55. The van der Waals surface area contributed by atoms with E-state index in [0.29, 0.717) is 6.42 Å². The summed E-state index contributed by atoms with van der Waals surface area (Å²) in [5.41, 5.74) is 3.75. The van der Waals surface area contributed by atoms with E-state index in [4.69, 9.17) is 9.47 Å². The Morgan fingerprint density at radius 1 is 1.06 bits per heavy atom. The molecule has 0 fully saturated rings. The quantitative estimate of drug-likeness (QED) is 0.815. The van der Waals surface area contributed by atoms with E-state index in [1.807, 2.05) is 20.8 Å². The average Bonchev–Trinajstić information content (AvgIpc) is 2.34. The Balaban J connectivity index is 3.56. The van der Waals surface area contributed by atoms with Gasteiger partial charge in [0, 0.05) is 11.1 Å². The number of hydrogen-bond donors (Lipinski definition) is 1. The van der Waals surface area contributed by atoms with E-state index in [9.17, 15) is 5.11 Å². The van der Waals surface area contributed by atoms with Crippen LogP contribution in [0.15, 0.2) is 12.7 Å². The van der Waals surface area contributed by atoms with Gasteiger partial charge in [-0.25, -0.2) is 0 Å². The van der Waals surface area contributed by atoms with Gasteiger partial charge in [-0.3, -0.25) is 0 Å². The Labute approximate surface area is 109 Å². The highest BCUT2D eigenvalue weighted by Crippen LogP contribution is 2.41. The second kappa shape index (κ2) is 5.91. The standard InChI is InChI=1S/C15H22O3/c1-7-8-12(16)13-11(4)14(17-5)9(2)10(3)15(13)18-6/h7,12,16H,1,8H2,2-6H3. The first-order valence-electron chi connectivity index (χ1n) is 6.00. The molecule has 0 radical (unpaired) electrons. The molecular formula is C15H22O3. The second-order valence-electron chi connectivity index (χ2n) is 4.40. The van der Waals surface area contributed by atoms with Crippen LogP contribution in [0.5, 0.6) is 11.5 Å². The molecule has 0 saturated carbocycles. The normalized spacial score (nSPS) is 12.1. The van der Waals surface area contributed by atoms with Crippen molar-refractivity contribution in [2.45, 2.75) is 33.3 Å². The zero-order valence-corrected chi connectivity index (χ0v) is 11.8. The van der Waals surface area contributed by atoms with Crippen molar-refractivity contribution in [3.05, 3.63) is 34.9 Å². The van der Waals surface area contributed by atoms with Crippen molar-refractivity contribution in [1.29, 1.82) is 0 Å². The smallest absolute Gasteiger partial charge is 0.128 e. The fraction of sp³-hybridized carbons (Fsp3) is 0.467. The van der Waals surface area contributed by atoms with Gasteiger partial charge in [0.05, 0.1) is 20.3 Å². The Kier molecular flexibility index (Phi) is 4.79. The van der Waals surface area contributed by atoms with Gasteiger partial charge in [-0.1, -0.05) is 6.08 Å². The molecule has 0 saturated heterocycles. The fourth-order valence-corrected chi connectivity index (χ4v) is 2.36. The third kappa shape index (κ3) is 2.36. The maximum Gasteiger partial charge on any atom is 0.128 e. The average molecular weight is 250 g/mol. The molecule has 100 valence electrons. The number of hydrogen-bond acceptors (Lipinski definition) is 3. The Hall–Kier alpha value is -1.48. The highest BCUT2D eigenvalue weighted by Gasteiger charge is 2.22. The van der Waals surface area contributed by atoms with Crippen LogP contribution in [0.4, 0.5) is 0 Å². The number of rotatable bonds is 5. The number of aliphatic hydroxyl groups is 1. The van der Waals surface area contributed by atoms with Gasteiger partial charge in [-0.05, 0) is 38.3 Å². The van der Waals surface area contributed by atoms with Crippen molar-refractivity contribution in [1.82, 2.24) is 0 Å². The van der Waals surface area contributed by atoms with Crippen LogP contribution in [0.3, 0.4) is 0 Å². The van der Waals surface area contributed by atoms with Crippen LogP contribution in [-0.4, -0.2) is 19.3 Å². The molecular weight excluding hydrogens is 228 g/mol. The maximum atomic E-state index is 10.2. The first-order chi connectivity index (χ1) is 8.49. The van der Waals surface area contributed by atoms with Crippen LogP contribution in [0, 0.1) is 20.8 Å². The number of aliphatic hydroxyl groups excluding tert-OH is 1. The molecule has 0 amide bonds. The fourth-order valence-electron chi connectivity index (χ4n) is 2.36. The van der Waals surface area contributed by atoms with Gasteiger partial charge in [-0.15, -0.1) is 6.58 Å². The number of methoxy groups -OCH3 is 2. The molecule has 1 aromatic carbocycles. The highest BCUT2D eigenvalue weighted by molar-refractivity contribution is 5.58. The first kappa shape index (κ1) is 14.6. The predicted octanol–water partition coefficient (Wildman–Crippen LogP) is 3.24. The minimum atomic E-state index is -0.620. The third-order valence-electron chi connectivity index (χ3n) is 3.36. The van der Waals surface area contributed by atoms with Gasteiger partial charge in [0.2, 0.25) is 0 Å². The highest BCUT2D eigenvalue weighted by atomic mass is 16.5. The largest absolute Gasteiger partial charge is 0.496 e. The lowest BCUT2D eigenvalue weighted by Gasteiger charge is -2.23. The van der Waals surface area contributed by atoms with Crippen molar-refractivity contribution >= 4 is 0 Å². The van der Waals surface area contributed by atoms with Crippen LogP contribution < -0.4 is 9.47 Å². The lowest BCUT2D eigenvalue weighted by Crippen LogP contribution is -2.07. The molecule has 18 heavy (non-hydrogen) atoms. The van der Waals surface area contributed by atoms with Gasteiger partial charge in [0.15, 0.2) is 0 Å². The van der Waals surface area contributed by atoms with E-state index in [0.717, 1.165) is 33.8 Å². The summed E-state index contributed by atoms with van der Waals surface area (Å²) in [5, 5.41) is 10.2. The van der Waals surface area contributed by atoms with E-state index in [1.165, 1.54) is 0 Å². The molecule has 0 aliphatic heterocycles. The Bertz CT molecular complexity index is 450. The summed E-state index contributed by atoms with van der Waals surface area (Å²) in [7, 11) is 3.27. The zero-order valence-electron chi connectivity index (χ0n) is 11.8. The summed E-state index contributed by atoms with van der Waals surface area (Å²) in [6.07, 6.45) is 1.57. The number of benzene rings is 1. The Morgan fingerprint density at radius 2 is 1.56 bits per heavy atom. The molecule has 0 aromatic heterocycles. The van der Waals surface area contributed by atoms with Crippen molar-refractivity contribution in [3.63, 3.8) is 0 Å². The maximum absolute atomic E-state index is 10.2. The monoisotopic (exact) mass is 250 g/mol. The van der Waals surface area contributed by atoms with E-state index < -0.39 is 6.10 Å². The van der Waals surface area contributed by atoms with E-state index >= 15 is 0 Å². The van der Waals surface area contributed by atoms with Crippen molar-refractivity contribution in [2.75, 3.05) is 14.2 Å². The molecule has 1 rings (SSSR count). The summed E-state index contributed by atoms with van der Waals surface area (Å²) in [6, 6.07) is 0. The van der Waals surface area contributed by atoms with Crippen molar-refractivity contribution in [3.8, 4) is 11.5 Å². The van der Waals surface area contributed by atoms with Crippen LogP contribution in [0.2, 0.25) is 0 Å². The minimum Gasteiger partial charge on any atom is -0.496 e. The predicted molar refractivity (Wildman–Crippen MR) is 73.5 cm³/mol. The molecule has 0 aliphatic carbocycles. The van der Waals surface area contributed by atoms with Crippen molar-refractivity contribution in [2.24, 2.45) is 0 Å². The zero-order chi connectivity index (χ0) is 13.9. The van der Waals surface area contributed by atoms with Crippen LogP contribution in [-0.2, 0) is 0 Å². The SMILES string of the molecule is C=CCC(O)c1c(C)c(OC)c(C)c(C)c1OC. The van der Waals surface area contributed by atoms with E-state index in [-0.39, 0.29) is 0 Å². The van der Waals surface area contributed by atoms with Gasteiger partial charge < -0.3 is 14.6 Å². The van der Waals surface area contributed by atoms with Crippen LogP contribution >= 0.6 is 0 Å². The third-order valence-corrected chi connectivity index (χ3v) is 3.36. The van der Waals surface area contributed by atoms with Gasteiger partial charge >= 0.3 is 0 Å².